The first-order chi connectivity index (χ1) is 12.0. The zero-order valence-corrected chi connectivity index (χ0v) is 14.8. The van der Waals surface area contributed by atoms with Crippen LogP contribution in [0.1, 0.15) is 27.2 Å². The summed E-state index contributed by atoms with van der Waals surface area (Å²) in [4.78, 5) is 11.6. The van der Waals surface area contributed by atoms with Gasteiger partial charge >= 0.3 is 5.97 Å². The number of halogens is 1. The molecule has 134 valence electrons. The van der Waals surface area contributed by atoms with Crippen molar-refractivity contribution in [3.8, 4) is 22.6 Å². The van der Waals surface area contributed by atoms with E-state index in [4.69, 9.17) is 14.2 Å². The highest BCUT2D eigenvalue weighted by atomic mass is 19.1. The van der Waals surface area contributed by atoms with Gasteiger partial charge in [0, 0.05) is 0 Å². The van der Waals surface area contributed by atoms with Gasteiger partial charge in [0.1, 0.15) is 5.75 Å². The summed E-state index contributed by atoms with van der Waals surface area (Å²) in [6.45, 7) is 6.15. The van der Waals surface area contributed by atoms with Crippen LogP contribution in [0, 0.1) is 5.82 Å². The van der Waals surface area contributed by atoms with E-state index in [9.17, 15) is 9.18 Å². The van der Waals surface area contributed by atoms with E-state index < -0.39 is 12.1 Å². The Morgan fingerprint density at radius 3 is 2.36 bits per heavy atom. The van der Waals surface area contributed by atoms with Gasteiger partial charge in [-0.2, -0.15) is 0 Å². The Morgan fingerprint density at radius 1 is 1.08 bits per heavy atom. The lowest BCUT2D eigenvalue weighted by atomic mass is 10.1. The molecule has 0 aliphatic rings. The van der Waals surface area contributed by atoms with Crippen molar-refractivity contribution in [2.75, 3.05) is 13.2 Å². The second kappa shape index (κ2) is 9.06. The minimum Gasteiger partial charge on any atom is -0.491 e. The van der Waals surface area contributed by atoms with Crippen LogP contribution in [-0.4, -0.2) is 25.3 Å². The molecule has 0 spiro atoms. The van der Waals surface area contributed by atoms with Crippen molar-refractivity contribution in [1.82, 2.24) is 0 Å². The van der Waals surface area contributed by atoms with Gasteiger partial charge in [-0.1, -0.05) is 25.1 Å². The fraction of sp³-hybridized carbons (Fsp3) is 0.350. The fourth-order valence-corrected chi connectivity index (χ4v) is 2.25. The molecule has 1 atom stereocenters. The molecule has 0 saturated carbocycles. The molecule has 0 aromatic heterocycles. The Morgan fingerprint density at radius 2 is 1.76 bits per heavy atom. The lowest BCUT2D eigenvalue weighted by Gasteiger charge is -2.14. The maximum atomic E-state index is 14.1. The van der Waals surface area contributed by atoms with Crippen molar-refractivity contribution in [3.63, 3.8) is 0 Å². The van der Waals surface area contributed by atoms with Crippen molar-refractivity contribution < 1.29 is 23.4 Å². The monoisotopic (exact) mass is 346 g/mol. The van der Waals surface area contributed by atoms with Crippen molar-refractivity contribution in [1.29, 1.82) is 0 Å². The second-order valence-electron chi connectivity index (χ2n) is 5.53. The van der Waals surface area contributed by atoms with Gasteiger partial charge in [0.15, 0.2) is 17.7 Å². The van der Waals surface area contributed by atoms with E-state index in [0.29, 0.717) is 19.0 Å². The Hall–Kier alpha value is -2.56. The molecule has 4 nitrogen and oxygen atoms in total. The molecule has 5 heteroatoms. The summed E-state index contributed by atoms with van der Waals surface area (Å²) in [5.41, 5.74) is 1.59. The first-order valence-electron chi connectivity index (χ1n) is 8.41. The van der Waals surface area contributed by atoms with E-state index in [1.54, 1.807) is 32.0 Å². The maximum absolute atomic E-state index is 14.1. The number of carbonyl (C=O) groups excluding carboxylic acids is 1. The highest BCUT2D eigenvalue weighted by molar-refractivity contribution is 5.74. The molecule has 25 heavy (non-hydrogen) atoms. The lowest BCUT2D eigenvalue weighted by Crippen LogP contribution is -2.25. The minimum absolute atomic E-state index is 0.258. The molecule has 0 radical (unpaired) electrons. The zero-order valence-electron chi connectivity index (χ0n) is 14.8. The number of esters is 1. The molecular formula is C20H23FO4. The third kappa shape index (κ3) is 5.21. The molecule has 0 aliphatic heterocycles. The third-order valence-corrected chi connectivity index (χ3v) is 3.51. The molecule has 0 aliphatic carbocycles. The number of hydrogen-bond acceptors (Lipinski definition) is 4. The first kappa shape index (κ1) is 18.8. The van der Waals surface area contributed by atoms with Gasteiger partial charge < -0.3 is 14.2 Å². The summed E-state index contributed by atoms with van der Waals surface area (Å²) in [6, 6.07) is 12.0. The van der Waals surface area contributed by atoms with Crippen LogP contribution in [-0.2, 0) is 9.53 Å². The molecule has 2 aromatic carbocycles. The zero-order chi connectivity index (χ0) is 18.2. The number of hydrogen-bond donors (Lipinski definition) is 0. The van der Waals surface area contributed by atoms with Crippen LogP contribution in [0.5, 0.6) is 11.5 Å². The Labute approximate surface area is 147 Å². The predicted octanol–water partition coefficient (Wildman–Crippen LogP) is 4.61. The smallest absolute Gasteiger partial charge is 0.347 e. The van der Waals surface area contributed by atoms with Gasteiger partial charge in [-0.15, -0.1) is 0 Å². The van der Waals surface area contributed by atoms with Crippen LogP contribution in [0.4, 0.5) is 4.39 Å². The van der Waals surface area contributed by atoms with Crippen molar-refractivity contribution in [2.24, 2.45) is 0 Å². The molecule has 2 aromatic rings. The summed E-state index contributed by atoms with van der Waals surface area (Å²) in [7, 11) is 0. The van der Waals surface area contributed by atoms with E-state index in [-0.39, 0.29) is 11.6 Å². The number of benzene rings is 2. The minimum atomic E-state index is -0.682. The van der Waals surface area contributed by atoms with Gasteiger partial charge in [0.25, 0.3) is 0 Å². The SMILES string of the molecule is CCCOc1ccc(-c2ccc(OC(C)C(=O)OCC)cc2)cc1F. The predicted molar refractivity (Wildman–Crippen MR) is 94.3 cm³/mol. The molecule has 0 N–H and O–H groups in total. The van der Waals surface area contributed by atoms with Crippen molar-refractivity contribution in [2.45, 2.75) is 33.3 Å². The average molecular weight is 346 g/mol. The molecular weight excluding hydrogens is 323 g/mol. The molecule has 0 heterocycles. The van der Waals surface area contributed by atoms with Gasteiger partial charge in [-0.05, 0) is 55.7 Å². The molecule has 0 fully saturated rings. The van der Waals surface area contributed by atoms with Crippen molar-refractivity contribution >= 4 is 5.97 Å². The van der Waals surface area contributed by atoms with E-state index in [0.717, 1.165) is 17.5 Å². The summed E-state index contributed by atoms with van der Waals surface area (Å²) in [6.07, 6.45) is 0.144. The Bertz CT molecular complexity index is 697. The van der Waals surface area contributed by atoms with E-state index in [1.165, 1.54) is 6.07 Å². The normalized spacial score (nSPS) is 11.7. The van der Waals surface area contributed by atoms with Crippen LogP contribution < -0.4 is 9.47 Å². The number of ether oxygens (including phenoxy) is 3. The topological polar surface area (TPSA) is 44.8 Å². The largest absolute Gasteiger partial charge is 0.491 e. The summed E-state index contributed by atoms with van der Waals surface area (Å²) >= 11 is 0. The van der Waals surface area contributed by atoms with Crippen molar-refractivity contribution in [3.05, 3.63) is 48.3 Å². The maximum Gasteiger partial charge on any atom is 0.347 e. The summed E-state index contributed by atoms with van der Waals surface area (Å²) in [5.74, 6) is 0.0139. The molecule has 0 amide bonds. The average Bonchev–Trinajstić information content (AvgIpc) is 2.61. The van der Waals surface area contributed by atoms with Crippen LogP contribution in [0.25, 0.3) is 11.1 Å². The van der Waals surface area contributed by atoms with Gasteiger partial charge in [-0.3, -0.25) is 0 Å². The summed E-state index contributed by atoms with van der Waals surface area (Å²) < 4.78 is 29.9. The third-order valence-electron chi connectivity index (χ3n) is 3.51. The molecule has 1 unspecified atom stereocenters. The van der Waals surface area contributed by atoms with Crippen LogP contribution in [0.3, 0.4) is 0 Å². The fourth-order valence-electron chi connectivity index (χ4n) is 2.25. The second-order valence-corrected chi connectivity index (χ2v) is 5.53. The highest BCUT2D eigenvalue weighted by Gasteiger charge is 2.15. The lowest BCUT2D eigenvalue weighted by molar-refractivity contribution is -0.150. The van der Waals surface area contributed by atoms with Crippen LogP contribution in [0.15, 0.2) is 42.5 Å². The van der Waals surface area contributed by atoms with Crippen LogP contribution in [0.2, 0.25) is 0 Å². The van der Waals surface area contributed by atoms with Gasteiger partial charge in [0.2, 0.25) is 0 Å². The van der Waals surface area contributed by atoms with E-state index in [1.807, 2.05) is 25.1 Å². The van der Waals surface area contributed by atoms with Crippen LogP contribution >= 0.6 is 0 Å². The number of rotatable bonds is 8. The molecule has 0 bridgehead atoms. The Kier molecular flexibility index (Phi) is 6.81. The quantitative estimate of drug-likeness (QED) is 0.655. The molecule has 2 rings (SSSR count). The summed E-state index contributed by atoms with van der Waals surface area (Å²) in [5, 5.41) is 0. The highest BCUT2D eigenvalue weighted by Crippen LogP contribution is 2.27. The standard InChI is InChI=1S/C20H23FO4/c1-4-12-24-19-11-8-16(13-18(19)21)15-6-9-17(10-7-15)25-14(3)20(22)23-5-2/h6-11,13-14H,4-5,12H2,1-3H3. The number of carbonyl (C=O) groups is 1. The van der Waals surface area contributed by atoms with E-state index in [2.05, 4.69) is 0 Å². The first-order valence-corrected chi connectivity index (χ1v) is 8.41. The molecule has 0 saturated heterocycles. The Balaban J connectivity index is 2.06. The van der Waals surface area contributed by atoms with Gasteiger partial charge in [0.05, 0.1) is 13.2 Å². The van der Waals surface area contributed by atoms with Gasteiger partial charge in [-0.25, -0.2) is 9.18 Å². The van der Waals surface area contributed by atoms with E-state index >= 15 is 0 Å².